The van der Waals surface area contributed by atoms with Gasteiger partial charge >= 0.3 is 0 Å². The predicted octanol–water partition coefficient (Wildman–Crippen LogP) is 3.48. The minimum atomic E-state index is -1.32. The van der Waals surface area contributed by atoms with Gasteiger partial charge in [-0.15, -0.1) is 0 Å². The first-order valence-electron chi connectivity index (χ1n) is 5.21. The van der Waals surface area contributed by atoms with E-state index in [1.54, 1.807) is 0 Å². The largest absolute Gasteiger partial charge is 0.383 e. The molecule has 19 heavy (non-hydrogen) atoms. The summed E-state index contributed by atoms with van der Waals surface area (Å²) in [6.07, 6.45) is -0.0459. The summed E-state index contributed by atoms with van der Waals surface area (Å²) in [5.41, 5.74) is 0.436. The minimum Gasteiger partial charge on any atom is -0.383 e. The van der Waals surface area contributed by atoms with Crippen molar-refractivity contribution in [2.75, 3.05) is 0 Å². The maximum absolute atomic E-state index is 13.7. The maximum atomic E-state index is 13.7. The molecule has 2 aromatic rings. The molecule has 0 aliphatic carbocycles. The number of halogens is 3. The van der Waals surface area contributed by atoms with Gasteiger partial charge in [0, 0.05) is 17.3 Å². The number of aliphatic hydroxyl groups excluding tert-OH is 1. The van der Waals surface area contributed by atoms with E-state index in [0.717, 1.165) is 6.07 Å². The van der Waals surface area contributed by atoms with Crippen LogP contribution in [-0.4, -0.2) is 10.1 Å². The van der Waals surface area contributed by atoms with Gasteiger partial charge < -0.3 is 5.11 Å². The normalized spacial score (nSPS) is 11.9. The summed E-state index contributed by atoms with van der Waals surface area (Å²) in [7, 11) is 0. The van der Waals surface area contributed by atoms with Crippen LogP contribution in [0.1, 0.15) is 22.8 Å². The molecule has 1 heterocycles. The van der Waals surface area contributed by atoms with E-state index in [2.05, 4.69) is 4.98 Å². The highest BCUT2D eigenvalue weighted by Crippen LogP contribution is 2.31. The van der Waals surface area contributed by atoms with Gasteiger partial charge in [0.1, 0.15) is 17.1 Å². The van der Waals surface area contributed by atoms with Crippen molar-refractivity contribution < 1.29 is 9.50 Å². The molecule has 0 radical (unpaired) electrons. The average Bonchev–Trinajstić information content (AvgIpc) is 2.41. The van der Waals surface area contributed by atoms with Crippen molar-refractivity contribution in [2.24, 2.45) is 0 Å². The second kappa shape index (κ2) is 5.54. The lowest BCUT2D eigenvalue weighted by Gasteiger charge is -2.14. The Morgan fingerprint density at radius 3 is 2.68 bits per heavy atom. The molecule has 6 heteroatoms. The van der Waals surface area contributed by atoms with Gasteiger partial charge in [-0.2, -0.15) is 5.26 Å². The molecule has 1 aromatic carbocycles. The third-order valence-corrected chi connectivity index (χ3v) is 3.09. The highest BCUT2D eigenvalue weighted by molar-refractivity contribution is 6.32. The molecule has 0 bridgehead atoms. The Kier molecular flexibility index (Phi) is 4.01. The molecule has 1 atom stereocenters. The molecule has 1 N–H and O–H groups in total. The van der Waals surface area contributed by atoms with Crippen molar-refractivity contribution in [2.45, 2.75) is 6.10 Å². The summed E-state index contributed by atoms with van der Waals surface area (Å²) >= 11 is 11.6. The Bertz CT molecular complexity index is 670. The van der Waals surface area contributed by atoms with Gasteiger partial charge in [-0.1, -0.05) is 23.2 Å². The van der Waals surface area contributed by atoms with Gasteiger partial charge in [0.05, 0.1) is 16.7 Å². The lowest BCUT2D eigenvalue weighted by Crippen LogP contribution is -2.04. The summed E-state index contributed by atoms with van der Waals surface area (Å²) in [6, 6.07) is 6.95. The van der Waals surface area contributed by atoms with Gasteiger partial charge in [-0.25, -0.2) is 9.37 Å². The Balaban J connectivity index is 2.52. The number of rotatable bonds is 2. The van der Waals surface area contributed by atoms with Crippen LogP contribution in [0.15, 0.2) is 30.5 Å². The highest BCUT2D eigenvalue weighted by atomic mass is 35.5. The van der Waals surface area contributed by atoms with E-state index in [4.69, 9.17) is 28.5 Å². The summed E-state index contributed by atoms with van der Waals surface area (Å²) in [5, 5.41) is 19.3. The minimum absolute atomic E-state index is 0.0387. The number of nitriles is 1. The number of hydrogen-bond donors (Lipinski definition) is 1. The fraction of sp³-hybridized carbons (Fsp3) is 0.0769. The van der Waals surface area contributed by atoms with Crippen molar-refractivity contribution in [3.8, 4) is 6.07 Å². The second-order valence-electron chi connectivity index (χ2n) is 3.78. The van der Waals surface area contributed by atoms with Crippen molar-refractivity contribution in [3.05, 3.63) is 63.1 Å². The molecule has 0 saturated heterocycles. The molecule has 0 aliphatic heterocycles. The van der Waals surface area contributed by atoms with Crippen LogP contribution in [0.3, 0.4) is 0 Å². The number of pyridine rings is 1. The van der Waals surface area contributed by atoms with E-state index >= 15 is 0 Å². The number of nitrogens with zero attached hydrogens (tertiary/aromatic N) is 2. The van der Waals surface area contributed by atoms with E-state index in [0.29, 0.717) is 0 Å². The third-order valence-electron chi connectivity index (χ3n) is 2.57. The van der Waals surface area contributed by atoms with Crippen LogP contribution in [0.25, 0.3) is 0 Å². The van der Waals surface area contributed by atoms with Gasteiger partial charge in [-0.05, 0) is 24.3 Å². The van der Waals surface area contributed by atoms with Crippen LogP contribution >= 0.6 is 23.2 Å². The fourth-order valence-electron chi connectivity index (χ4n) is 1.63. The van der Waals surface area contributed by atoms with Crippen LogP contribution < -0.4 is 0 Å². The van der Waals surface area contributed by atoms with E-state index in [-0.39, 0.29) is 26.9 Å². The molecule has 0 aliphatic rings. The number of aromatic nitrogens is 1. The SMILES string of the molecule is N#Cc1ccc(F)c(C(O)c2cc(Cl)ncc2Cl)c1. The van der Waals surface area contributed by atoms with Crippen molar-refractivity contribution in [3.63, 3.8) is 0 Å². The van der Waals surface area contributed by atoms with Gasteiger partial charge in [0.2, 0.25) is 0 Å². The monoisotopic (exact) mass is 296 g/mol. The zero-order valence-corrected chi connectivity index (χ0v) is 11.0. The predicted molar refractivity (Wildman–Crippen MR) is 69.4 cm³/mol. The van der Waals surface area contributed by atoms with E-state index in [9.17, 15) is 9.50 Å². The summed E-state index contributed by atoms with van der Waals surface area (Å²) < 4.78 is 13.7. The number of aliphatic hydroxyl groups is 1. The molecule has 0 amide bonds. The molecule has 96 valence electrons. The van der Waals surface area contributed by atoms with E-state index < -0.39 is 11.9 Å². The highest BCUT2D eigenvalue weighted by Gasteiger charge is 2.19. The first-order valence-corrected chi connectivity index (χ1v) is 5.97. The Morgan fingerprint density at radius 1 is 1.26 bits per heavy atom. The fourth-order valence-corrected chi connectivity index (χ4v) is 2.00. The molecular weight excluding hydrogens is 290 g/mol. The molecule has 0 saturated carbocycles. The maximum Gasteiger partial charge on any atom is 0.129 e. The van der Waals surface area contributed by atoms with Crippen LogP contribution in [-0.2, 0) is 0 Å². The third kappa shape index (κ3) is 2.85. The standard InChI is InChI=1S/C13H7Cl2FN2O/c14-10-6-18-12(15)4-8(10)13(19)9-3-7(5-17)1-2-11(9)16/h1-4,6,13,19H. The molecule has 1 aromatic heterocycles. The average molecular weight is 297 g/mol. The van der Waals surface area contributed by atoms with E-state index in [1.165, 1.54) is 24.4 Å². The van der Waals surface area contributed by atoms with Crippen molar-refractivity contribution in [1.29, 1.82) is 5.26 Å². The number of hydrogen-bond acceptors (Lipinski definition) is 3. The Labute approximate surface area is 118 Å². The quantitative estimate of drug-likeness (QED) is 0.863. The molecule has 3 nitrogen and oxygen atoms in total. The van der Waals surface area contributed by atoms with Crippen molar-refractivity contribution >= 4 is 23.2 Å². The molecule has 0 fully saturated rings. The first-order chi connectivity index (χ1) is 9.02. The van der Waals surface area contributed by atoms with E-state index in [1.807, 2.05) is 6.07 Å². The summed E-state index contributed by atoms with van der Waals surface area (Å²) in [5.74, 6) is -0.629. The van der Waals surface area contributed by atoms with Gasteiger partial charge in [0.25, 0.3) is 0 Å². The molecule has 2 rings (SSSR count). The van der Waals surface area contributed by atoms with Crippen LogP contribution in [0, 0.1) is 17.1 Å². The molecular formula is C13H7Cl2FN2O. The second-order valence-corrected chi connectivity index (χ2v) is 4.57. The van der Waals surface area contributed by atoms with Crippen LogP contribution in [0.5, 0.6) is 0 Å². The first kappa shape index (κ1) is 13.8. The topological polar surface area (TPSA) is 56.9 Å². The van der Waals surface area contributed by atoms with Crippen LogP contribution in [0.2, 0.25) is 10.2 Å². The lowest BCUT2D eigenvalue weighted by atomic mass is 10.00. The Hall–Kier alpha value is -1.67. The zero-order chi connectivity index (χ0) is 14.0. The number of benzene rings is 1. The molecule has 0 spiro atoms. The van der Waals surface area contributed by atoms with Crippen molar-refractivity contribution in [1.82, 2.24) is 4.98 Å². The van der Waals surface area contributed by atoms with Crippen LogP contribution in [0.4, 0.5) is 4.39 Å². The zero-order valence-electron chi connectivity index (χ0n) is 9.44. The summed E-state index contributed by atoms with van der Waals surface area (Å²) in [4.78, 5) is 3.75. The van der Waals surface area contributed by atoms with Gasteiger partial charge in [0.15, 0.2) is 0 Å². The Morgan fingerprint density at radius 2 is 2.00 bits per heavy atom. The summed E-state index contributed by atoms with van der Waals surface area (Å²) in [6.45, 7) is 0. The van der Waals surface area contributed by atoms with Gasteiger partial charge in [-0.3, -0.25) is 0 Å². The smallest absolute Gasteiger partial charge is 0.129 e. The molecule has 1 unspecified atom stereocenters. The lowest BCUT2D eigenvalue weighted by molar-refractivity contribution is 0.215.